The van der Waals surface area contributed by atoms with E-state index in [9.17, 15) is 9.90 Å². The fraction of sp³-hybridized carbons (Fsp3) is 0.357. The van der Waals surface area contributed by atoms with Gasteiger partial charge in [-0.05, 0) is 31.0 Å². The molecule has 0 aliphatic carbocycles. The summed E-state index contributed by atoms with van der Waals surface area (Å²) in [6.07, 6.45) is 2.03. The first-order valence-corrected chi connectivity index (χ1v) is 6.47. The molecular formula is C14H19N3O2. The van der Waals surface area contributed by atoms with Crippen molar-refractivity contribution >= 4 is 22.6 Å². The monoisotopic (exact) mass is 261 g/mol. The minimum Gasteiger partial charge on any atom is -0.508 e. The highest BCUT2D eigenvalue weighted by Gasteiger charge is 2.10. The number of H-pyrrole nitrogens is 1. The summed E-state index contributed by atoms with van der Waals surface area (Å²) in [6.45, 7) is 2.52. The molecule has 0 fully saturated rings. The van der Waals surface area contributed by atoms with Gasteiger partial charge in [-0.3, -0.25) is 4.79 Å². The summed E-state index contributed by atoms with van der Waals surface area (Å²) in [4.78, 5) is 14.5. The van der Waals surface area contributed by atoms with Crippen LogP contribution in [0.1, 0.15) is 25.3 Å². The van der Waals surface area contributed by atoms with Crippen LogP contribution in [0, 0.1) is 0 Å². The van der Waals surface area contributed by atoms with Gasteiger partial charge in [0.1, 0.15) is 11.6 Å². The lowest BCUT2D eigenvalue weighted by atomic mass is 10.1. The Kier molecular flexibility index (Phi) is 3.94. The summed E-state index contributed by atoms with van der Waals surface area (Å²) in [7, 11) is 0. The van der Waals surface area contributed by atoms with Crippen molar-refractivity contribution in [1.29, 1.82) is 0 Å². The number of carbonyl (C=O) groups is 1. The molecule has 0 spiro atoms. The zero-order chi connectivity index (χ0) is 13.8. The molecule has 5 nitrogen and oxygen atoms in total. The summed E-state index contributed by atoms with van der Waals surface area (Å²) in [6, 6.07) is 5.09. The maximum Gasteiger partial charge on any atom is 0.219 e. The minimum absolute atomic E-state index is 0.0590. The number of anilines is 1. The van der Waals surface area contributed by atoms with Crippen LogP contribution in [0.2, 0.25) is 0 Å². The molecule has 0 atom stereocenters. The van der Waals surface area contributed by atoms with Gasteiger partial charge in [0.05, 0.1) is 0 Å². The molecule has 0 saturated heterocycles. The number of nitrogens with one attached hydrogen (secondary N) is 2. The van der Waals surface area contributed by atoms with Gasteiger partial charge in [0, 0.05) is 29.4 Å². The SMILES string of the molecule is CCCC(=O)NCCc1c(N)[nH]c2ccc(O)cc12. The topological polar surface area (TPSA) is 91.1 Å². The molecule has 1 heterocycles. The van der Waals surface area contributed by atoms with Crippen molar-refractivity contribution in [2.45, 2.75) is 26.2 Å². The molecule has 0 radical (unpaired) electrons. The maximum atomic E-state index is 11.4. The molecular weight excluding hydrogens is 242 g/mol. The standard InChI is InChI=1S/C14H19N3O2/c1-2-3-13(19)16-7-6-10-11-8-9(18)4-5-12(11)17-14(10)15/h4-5,8,17-18H,2-3,6-7,15H2,1H3,(H,16,19). The first-order chi connectivity index (χ1) is 9.11. The van der Waals surface area contributed by atoms with Crippen LogP contribution >= 0.6 is 0 Å². The Morgan fingerprint density at radius 2 is 2.26 bits per heavy atom. The normalized spacial score (nSPS) is 10.8. The van der Waals surface area contributed by atoms with E-state index >= 15 is 0 Å². The van der Waals surface area contributed by atoms with Gasteiger partial charge in [0.15, 0.2) is 0 Å². The smallest absolute Gasteiger partial charge is 0.219 e. The Balaban J connectivity index is 2.09. The van der Waals surface area contributed by atoms with Crippen molar-refractivity contribution in [3.8, 4) is 5.75 Å². The third-order valence-electron chi connectivity index (χ3n) is 3.10. The van der Waals surface area contributed by atoms with E-state index in [1.807, 2.05) is 6.92 Å². The second-order valence-electron chi connectivity index (χ2n) is 4.60. The molecule has 5 heteroatoms. The third kappa shape index (κ3) is 2.99. The summed E-state index contributed by atoms with van der Waals surface area (Å²) < 4.78 is 0. The Labute approximate surface area is 111 Å². The van der Waals surface area contributed by atoms with E-state index in [4.69, 9.17) is 5.73 Å². The molecule has 0 saturated carbocycles. The molecule has 5 N–H and O–H groups in total. The zero-order valence-corrected chi connectivity index (χ0v) is 11.0. The van der Waals surface area contributed by atoms with Crippen molar-refractivity contribution < 1.29 is 9.90 Å². The molecule has 0 unspecified atom stereocenters. The van der Waals surface area contributed by atoms with E-state index in [1.165, 1.54) is 0 Å². The molecule has 19 heavy (non-hydrogen) atoms. The Morgan fingerprint density at radius 3 is 3.00 bits per heavy atom. The number of amides is 1. The predicted octanol–water partition coefficient (Wildman–Crippen LogP) is 1.91. The molecule has 102 valence electrons. The number of aromatic hydroxyl groups is 1. The van der Waals surface area contributed by atoms with E-state index in [1.54, 1.807) is 18.2 Å². The molecule has 1 aromatic carbocycles. The molecule has 1 aromatic heterocycles. The number of phenolic OH excluding ortho intramolecular Hbond substituents is 1. The van der Waals surface area contributed by atoms with Crippen LogP contribution in [0.25, 0.3) is 10.9 Å². The van der Waals surface area contributed by atoms with Crippen molar-refractivity contribution in [2.75, 3.05) is 12.3 Å². The molecule has 0 aliphatic heterocycles. The average molecular weight is 261 g/mol. The predicted molar refractivity (Wildman–Crippen MR) is 76.0 cm³/mol. The number of hydrogen-bond donors (Lipinski definition) is 4. The Morgan fingerprint density at radius 1 is 1.47 bits per heavy atom. The number of hydrogen-bond acceptors (Lipinski definition) is 3. The summed E-state index contributed by atoms with van der Waals surface area (Å²) in [5.41, 5.74) is 7.76. The quantitative estimate of drug-likeness (QED) is 0.662. The number of nitrogens with two attached hydrogens (primary N) is 1. The van der Waals surface area contributed by atoms with Gasteiger partial charge in [-0.1, -0.05) is 6.92 Å². The largest absolute Gasteiger partial charge is 0.508 e. The molecule has 2 rings (SSSR count). The molecule has 0 aliphatic rings. The van der Waals surface area contributed by atoms with E-state index < -0.39 is 0 Å². The van der Waals surface area contributed by atoms with Crippen molar-refractivity contribution in [2.24, 2.45) is 0 Å². The van der Waals surface area contributed by atoms with Gasteiger partial charge in [-0.2, -0.15) is 0 Å². The van der Waals surface area contributed by atoms with Gasteiger partial charge < -0.3 is 21.1 Å². The highest BCUT2D eigenvalue weighted by Crippen LogP contribution is 2.27. The number of aromatic nitrogens is 1. The zero-order valence-electron chi connectivity index (χ0n) is 11.0. The van der Waals surface area contributed by atoms with Gasteiger partial charge in [0.2, 0.25) is 5.91 Å². The van der Waals surface area contributed by atoms with Crippen molar-refractivity contribution in [1.82, 2.24) is 10.3 Å². The van der Waals surface area contributed by atoms with Crippen LogP contribution in [0.5, 0.6) is 5.75 Å². The average Bonchev–Trinajstić information content (AvgIpc) is 2.66. The minimum atomic E-state index is 0.0590. The summed E-state index contributed by atoms with van der Waals surface area (Å²) in [5, 5.41) is 13.3. The number of fused-ring (bicyclic) bond motifs is 1. The number of rotatable bonds is 5. The lowest BCUT2D eigenvalue weighted by Gasteiger charge is -2.04. The fourth-order valence-corrected chi connectivity index (χ4v) is 2.17. The number of phenols is 1. The molecule has 1 amide bonds. The second-order valence-corrected chi connectivity index (χ2v) is 4.60. The number of nitrogen functional groups attached to an aromatic ring is 1. The summed E-state index contributed by atoms with van der Waals surface area (Å²) >= 11 is 0. The van der Waals surface area contributed by atoms with Gasteiger partial charge >= 0.3 is 0 Å². The van der Waals surface area contributed by atoms with E-state index in [0.717, 1.165) is 22.9 Å². The van der Waals surface area contributed by atoms with Crippen LogP contribution in [-0.4, -0.2) is 22.5 Å². The Hall–Kier alpha value is -2.17. The van der Waals surface area contributed by atoms with Gasteiger partial charge in [-0.25, -0.2) is 0 Å². The first-order valence-electron chi connectivity index (χ1n) is 6.47. The van der Waals surface area contributed by atoms with Crippen molar-refractivity contribution in [3.05, 3.63) is 23.8 Å². The third-order valence-corrected chi connectivity index (χ3v) is 3.10. The highest BCUT2D eigenvalue weighted by molar-refractivity contribution is 5.89. The lowest BCUT2D eigenvalue weighted by molar-refractivity contribution is -0.121. The Bertz CT molecular complexity index is 590. The van der Waals surface area contributed by atoms with Crippen LogP contribution in [0.3, 0.4) is 0 Å². The summed E-state index contributed by atoms with van der Waals surface area (Å²) in [5.74, 6) is 0.858. The number of benzene rings is 1. The van der Waals surface area contributed by atoms with Crippen molar-refractivity contribution in [3.63, 3.8) is 0 Å². The first kappa shape index (κ1) is 13.3. The highest BCUT2D eigenvalue weighted by atomic mass is 16.3. The molecule has 0 bridgehead atoms. The van der Waals surface area contributed by atoms with Crippen LogP contribution in [-0.2, 0) is 11.2 Å². The van der Waals surface area contributed by atoms with Crippen LogP contribution in [0.15, 0.2) is 18.2 Å². The van der Waals surface area contributed by atoms with E-state index in [0.29, 0.717) is 25.2 Å². The second kappa shape index (κ2) is 5.65. The van der Waals surface area contributed by atoms with Crippen LogP contribution in [0.4, 0.5) is 5.82 Å². The van der Waals surface area contributed by atoms with E-state index in [2.05, 4.69) is 10.3 Å². The van der Waals surface area contributed by atoms with Gasteiger partial charge in [-0.15, -0.1) is 0 Å². The van der Waals surface area contributed by atoms with Gasteiger partial charge in [0.25, 0.3) is 0 Å². The van der Waals surface area contributed by atoms with E-state index in [-0.39, 0.29) is 11.7 Å². The van der Waals surface area contributed by atoms with Crippen LogP contribution < -0.4 is 11.1 Å². The molecule has 2 aromatic rings. The number of carbonyl (C=O) groups excluding carboxylic acids is 1. The fourth-order valence-electron chi connectivity index (χ4n) is 2.17. The lowest BCUT2D eigenvalue weighted by Crippen LogP contribution is -2.25. The number of aromatic amines is 1. The maximum absolute atomic E-state index is 11.4.